The minimum Gasteiger partial charge on any atom is -0.354 e. The second kappa shape index (κ2) is 8.63. The summed E-state index contributed by atoms with van der Waals surface area (Å²) in [4.78, 5) is 14.7. The molecule has 2 aliphatic heterocycles. The van der Waals surface area contributed by atoms with Crippen LogP contribution in [0.2, 0.25) is 0 Å². The highest BCUT2D eigenvalue weighted by atomic mass is 16.2. The first-order valence-electron chi connectivity index (χ1n) is 9.51. The third kappa shape index (κ3) is 4.81. The molecule has 2 N–H and O–H groups in total. The zero-order chi connectivity index (χ0) is 16.8. The lowest BCUT2D eigenvalue weighted by atomic mass is 9.95. The van der Waals surface area contributed by atoms with E-state index in [0.717, 1.165) is 39.0 Å². The molecule has 4 heteroatoms. The first kappa shape index (κ1) is 17.4. The Balaban J connectivity index is 1.43. The number of likely N-dealkylation sites (tertiary alicyclic amines) is 1. The van der Waals surface area contributed by atoms with Crippen molar-refractivity contribution in [3.05, 3.63) is 35.9 Å². The number of nitrogens with zero attached hydrogens (tertiary/aromatic N) is 1. The van der Waals surface area contributed by atoms with Gasteiger partial charge in [-0.05, 0) is 56.2 Å². The fourth-order valence-electron chi connectivity index (χ4n) is 4.03. The number of hydrogen-bond acceptors (Lipinski definition) is 3. The van der Waals surface area contributed by atoms with Gasteiger partial charge in [-0.2, -0.15) is 0 Å². The van der Waals surface area contributed by atoms with E-state index < -0.39 is 0 Å². The van der Waals surface area contributed by atoms with Crippen molar-refractivity contribution in [3.63, 3.8) is 0 Å². The standard InChI is InChI=1S/C20H31N3O/c1-16(18-8-3-2-4-9-18)14-23-12-6-7-17(15-23)13-22-20(24)19-10-5-11-21-19/h2-4,8-9,16-17,19,21H,5-7,10-15H2,1H3,(H,22,24). The summed E-state index contributed by atoms with van der Waals surface area (Å²) in [5, 5.41) is 6.45. The molecule has 1 aromatic rings. The Morgan fingerprint density at radius 2 is 2.12 bits per heavy atom. The summed E-state index contributed by atoms with van der Waals surface area (Å²) in [6.07, 6.45) is 4.57. The van der Waals surface area contributed by atoms with Gasteiger partial charge in [0.2, 0.25) is 5.91 Å². The maximum atomic E-state index is 12.1. The molecule has 3 atom stereocenters. The molecule has 132 valence electrons. The van der Waals surface area contributed by atoms with Crippen molar-refractivity contribution >= 4 is 5.91 Å². The Kier molecular flexibility index (Phi) is 6.27. The van der Waals surface area contributed by atoms with Crippen LogP contribution < -0.4 is 10.6 Å². The van der Waals surface area contributed by atoms with Crippen molar-refractivity contribution in [3.8, 4) is 0 Å². The van der Waals surface area contributed by atoms with Gasteiger partial charge in [-0.15, -0.1) is 0 Å². The highest BCUT2D eigenvalue weighted by Gasteiger charge is 2.25. The zero-order valence-corrected chi connectivity index (χ0v) is 14.8. The van der Waals surface area contributed by atoms with Crippen LogP contribution in [0.4, 0.5) is 0 Å². The average Bonchev–Trinajstić information content (AvgIpc) is 3.15. The summed E-state index contributed by atoms with van der Waals surface area (Å²) in [5.41, 5.74) is 1.42. The molecule has 2 saturated heterocycles. The van der Waals surface area contributed by atoms with E-state index in [1.165, 1.54) is 24.9 Å². The second-order valence-corrected chi connectivity index (χ2v) is 7.47. The molecule has 0 aliphatic carbocycles. The lowest BCUT2D eigenvalue weighted by Crippen LogP contribution is -2.46. The van der Waals surface area contributed by atoms with Gasteiger partial charge < -0.3 is 15.5 Å². The monoisotopic (exact) mass is 329 g/mol. The van der Waals surface area contributed by atoms with E-state index in [0.29, 0.717) is 11.8 Å². The van der Waals surface area contributed by atoms with E-state index in [2.05, 4.69) is 52.8 Å². The van der Waals surface area contributed by atoms with E-state index >= 15 is 0 Å². The number of piperidine rings is 1. The minimum atomic E-state index is 0.0443. The van der Waals surface area contributed by atoms with E-state index in [-0.39, 0.29) is 11.9 Å². The molecule has 0 saturated carbocycles. The molecule has 3 rings (SSSR count). The van der Waals surface area contributed by atoms with Crippen molar-refractivity contribution in [1.82, 2.24) is 15.5 Å². The third-order valence-electron chi connectivity index (χ3n) is 5.45. The fourth-order valence-corrected chi connectivity index (χ4v) is 4.03. The Bertz CT molecular complexity index is 513. The smallest absolute Gasteiger partial charge is 0.237 e. The second-order valence-electron chi connectivity index (χ2n) is 7.47. The van der Waals surface area contributed by atoms with Crippen LogP contribution in [-0.4, -0.2) is 49.6 Å². The topological polar surface area (TPSA) is 44.4 Å². The predicted octanol–water partition coefficient (Wildman–Crippen LogP) is 2.37. The van der Waals surface area contributed by atoms with Crippen LogP contribution in [0.1, 0.15) is 44.1 Å². The molecular weight excluding hydrogens is 298 g/mol. The van der Waals surface area contributed by atoms with Gasteiger partial charge in [-0.25, -0.2) is 0 Å². The van der Waals surface area contributed by atoms with Crippen LogP contribution >= 0.6 is 0 Å². The van der Waals surface area contributed by atoms with Gasteiger partial charge in [0.05, 0.1) is 6.04 Å². The number of benzene rings is 1. The molecular formula is C20H31N3O. The van der Waals surface area contributed by atoms with E-state index in [4.69, 9.17) is 0 Å². The van der Waals surface area contributed by atoms with Crippen LogP contribution in [0.15, 0.2) is 30.3 Å². The number of carbonyl (C=O) groups excluding carboxylic acids is 1. The number of nitrogens with one attached hydrogen (secondary N) is 2. The minimum absolute atomic E-state index is 0.0443. The lowest BCUT2D eigenvalue weighted by molar-refractivity contribution is -0.123. The van der Waals surface area contributed by atoms with Crippen LogP contribution in [-0.2, 0) is 4.79 Å². The Morgan fingerprint density at radius 3 is 2.88 bits per heavy atom. The Hall–Kier alpha value is -1.39. The first-order chi connectivity index (χ1) is 11.7. The van der Waals surface area contributed by atoms with Gasteiger partial charge in [-0.1, -0.05) is 37.3 Å². The summed E-state index contributed by atoms with van der Waals surface area (Å²) in [5.74, 6) is 1.34. The fraction of sp³-hybridized carbons (Fsp3) is 0.650. The predicted molar refractivity (Wildman–Crippen MR) is 98.1 cm³/mol. The summed E-state index contributed by atoms with van der Waals surface area (Å²) in [6.45, 7) is 7.52. The normalized spacial score (nSPS) is 26.2. The average molecular weight is 329 g/mol. The SMILES string of the molecule is CC(CN1CCCC(CNC(=O)C2CCCN2)C1)c1ccccc1. The van der Waals surface area contributed by atoms with Crippen molar-refractivity contribution in [2.24, 2.45) is 5.92 Å². The van der Waals surface area contributed by atoms with E-state index in [1.807, 2.05) is 0 Å². The number of amides is 1. The number of carbonyl (C=O) groups is 1. The van der Waals surface area contributed by atoms with Crippen LogP contribution in [0.3, 0.4) is 0 Å². The Morgan fingerprint density at radius 1 is 1.29 bits per heavy atom. The molecule has 2 heterocycles. The maximum Gasteiger partial charge on any atom is 0.237 e. The third-order valence-corrected chi connectivity index (χ3v) is 5.45. The highest BCUT2D eigenvalue weighted by molar-refractivity contribution is 5.81. The van der Waals surface area contributed by atoms with E-state index in [1.54, 1.807) is 0 Å². The number of hydrogen-bond donors (Lipinski definition) is 2. The largest absolute Gasteiger partial charge is 0.354 e. The molecule has 0 spiro atoms. The van der Waals surface area contributed by atoms with Gasteiger partial charge in [0.25, 0.3) is 0 Å². The maximum absolute atomic E-state index is 12.1. The van der Waals surface area contributed by atoms with Crippen LogP contribution in [0, 0.1) is 5.92 Å². The molecule has 0 bridgehead atoms. The van der Waals surface area contributed by atoms with Gasteiger partial charge in [0, 0.05) is 19.6 Å². The summed E-state index contributed by atoms with van der Waals surface area (Å²) < 4.78 is 0. The molecule has 4 nitrogen and oxygen atoms in total. The van der Waals surface area contributed by atoms with Gasteiger partial charge >= 0.3 is 0 Å². The van der Waals surface area contributed by atoms with Gasteiger partial charge in [0.1, 0.15) is 0 Å². The Labute approximate surface area is 146 Å². The summed E-state index contributed by atoms with van der Waals surface area (Å²) >= 11 is 0. The van der Waals surface area contributed by atoms with Crippen molar-refractivity contribution in [2.45, 2.75) is 44.6 Å². The molecule has 3 unspecified atom stereocenters. The molecule has 1 aromatic carbocycles. The van der Waals surface area contributed by atoms with Crippen molar-refractivity contribution < 1.29 is 4.79 Å². The van der Waals surface area contributed by atoms with E-state index in [9.17, 15) is 4.79 Å². The molecule has 0 radical (unpaired) electrons. The van der Waals surface area contributed by atoms with Crippen molar-refractivity contribution in [1.29, 1.82) is 0 Å². The highest BCUT2D eigenvalue weighted by Crippen LogP contribution is 2.21. The molecule has 1 amide bonds. The van der Waals surface area contributed by atoms with Gasteiger partial charge in [0.15, 0.2) is 0 Å². The van der Waals surface area contributed by atoms with Crippen molar-refractivity contribution in [2.75, 3.05) is 32.7 Å². The quantitative estimate of drug-likeness (QED) is 0.842. The van der Waals surface area contributed by atoms with Crippen LogP contribution in [0.25, 0.3) is 0 Å². The zero-order valence-electron chi connectivity index (χ0n) is 14.8. The molecule has 2 fully saturated rings. The lowest BCUT2D eigenvalue weighted by Gasteiger charge is -2.34. The molecule has 24 heavy (non-hydrogen) atoms. The first-order valence-corrected chi connectivity index (χ1v) is 9.51. The van der Waals surface area contributed by atoms with Gasteiger partial charge in [-0.3, -0.25) is 4.79 Å². The summed E-state index contributed by atoms with van der Waals surface area (Å²) in [7, 11) is 0. The molecule has 2 aliphatic rings. The van der Waals surface area contributed by atoms with Crippen LogP contribution in [0.5, 0.6) is 0 Å². The molecule has 0 aromatic heterocycles. The number of rotatable bonds is 6. The summed E-state index contributed by atoms with van der Waals surface area (Å²) in [6, 6.07) is 10.8.